The average Bonchev–Trinajstić information content (AvgIpc) is 3.10. The summed E-state index contributed by atoms with van der Waals surface area (Å²) in [5.41, 5.74) is 12.2. The zero-order chi connectivity index (χ0) is 22.8. The predicted molar refractivity (Wildman–Crippen MR) is 115 cm³/mol. The van der Waals surface area contributed by atoms with Crippen LogP contribution in [0, 0.1) is 0 Å². The predicted octanol–water partition coefficient (Wildman–Crippen LogP) is -0.0646. The normalized spacial score (nSPS) is 11.6. The number of nitrogens with zero attached hydrogens (tertiary/aromatic N) is 1. The van der Waals surface area contributed by atoms with Crippen LogP contribution < -0.4 is 22.1 Å². The van der Waals surface area contributed by atoms with Gasteiger partial charge in [-0.05, 0) is 43.0 Å². The van der Waals surface area contributed by atoms with Crippen molar-refractivity contribution in [2.45, 2.75) is 38.1 Å². The first-order valence-electron chi connectivity index (χ1n) is 9.89. The van der Waals surface area contributed by atoms with E-state index < -0.39 is 17.9 Å². The molecule has 2 amide bonds. The molecule has 0 saturated heterocycles. The highest BCUT2D eigenvalue weighted by molar-refractivity contribution is 5.87. The SMILES string of the molecule is NC(N)=NCCC[C@H](NC(=O)CCC(=O)NCCc1c[nH]c2ccc(O)cc12)C(=O)O. The number of hydrogen-bond acceptors (Lipinski definition) is 5. The lowest BCUT2D eigenvalue weighted by Gasteiger charge is -2.14. The third-order valence-electron chi connectivity index (χ3n) is 4.63. The van der Waals surface area contributed by atoms with Crippen molar-refractivity contribution in [2.75, 3.05) is 13.1 Å². The summed E-state index contributed by atoms with van der Waals surface area (Å²) in [5, 5.41) is 24.8. The lowest BCUT2D eigenvalue weighted by Crippen LogP contribution is -2.41. The zero-order valence-electron chi connectivity index (χ0n) is 17.1. The van der Waals surface area contributed by atoms with E-state index >= 15 is 0 Å². The maximum absolute atomic E-state index is 12.0. The van der Waals surface area contributed by atoms with Gasteiger partial charge in [-0.25, -0.2) is 4.79 Å². The number of carboxylic acid groups (broad SMARTS) is 1. The van der Waals surface area contributed by atoms with Gasteiger partial charge in [-0.1, -0.05) is 0 Å². The van der Waals surface area contributed by atoms with Crippen molar-refractivity contribution in [3.8, 4) is 5.75 Å². The first kappa shape index (κ1) is 23.5. The van der Waals surface area contributed by atoms with E-state index in [1.807, 2.05) is 6.20 Å². The first-order valence-corrected chi connectivity index (χ1v) is 9.89. The average molecular weight is 432 g/mol. The number of rotatable bonds is 12. The minimum atomic E-state index is -1.16. The summed E-state index contributed by atoms with van der Waals surface area (Å²) in [4.78, 5) is 42.1. The summed E-state index contributed by atoms with van der Waals surface area (Å²) in [6.45, 7) is 0.631. The largest absolute Gasteiger partial charge is 0.508 e. The number of carbonyl (C=O) groups is 3. The van der Waals surface area contributed by atoms with Crippen molar-refractivity contribution in [1.82, 2.24) is 15.6 Å². The van der Waals surface area contributed by atoms with Gasteiger partial charge in [0.15, 0.2) is 5.96 Å². The van der Waals surface area contributed by atoms with Gasteiger partial charge in [-0.3, -0.25) is 14.6 Å². The number of benzene rings is 1. The molecular weight excluding hydrogens is 404 g/mol. The maximum Gasteiger partial charge on any atom is 0.326 e. The van der Waals surface area contributed by atoms with Gasteiger partial charge in [0.1, 0.15) is 11.8 Å². The molecule has 11 heteroatoms. The van der Waals surface area contributed by atoms with E-state index in [-0.39, 0.29) is 43.4 Å². The Labute approximate surface area is 178 Å². The smallest absolute Gasteiger partial charge is 0.326 e. The maximum atomic E-state index is 12.0. The zero-order valence-corrected chi connectivity index (χ0v) is 17.1. The minimum absolute atomic E-state index is 0.0547. The first-order chi connectivity index (χ1) is 14.8. The summed E-state index contributed by atoms with van der Waals surface area (Å²) in [7, 11) is 0. The van der Waals surface area contributed by atoms with Crippen molar-refractivity contribution in [3.05, 3.63) is 30.0 Å². The van der Waals surface area contributed by atoms with Gasteiger partial charge >= 0.3 is 5.97 Å². The van der Waals surface area contributed by atoms with Crippen LogP contribution in [-0.2, 0) is 20.8 Å². The number of guanidine groups is 1. The molecule has 11 nitrogen and oxygen atoms in total. The Bertz CT molecular complexity index is 951. The van der Waals surface area contributed by atoms with Crippen molar-refractivity contribution >= 4 is 34.6 Å². The van der Waals surface area contributed by atoms with Crippen molar-refractivity contribution in [3.63, 3.8) is 0 Å². The molecule has 0 bridgehead atoms. The number of H-pyrrole nitrogens is 1. The molecule has 0 fully saturated rings. The Morgan fingerprint density at radius 2 is 1.90 bits per heavy atom. The quantitative estimate of drug-likeness (QED) is 0.138. The minimum Gasteiger partial charge on any atom is -0.508 e. The third kappa shape index (κ3) is 7.88. The summed E-state index contributed by atoms with van der Waals surface area (Å²) in [6, 6.07) is 3.96. The summed E-state index contributed by atoms with van der Waals surface area (Å²) >= 11 is 0. The van der Waals surface area contributed by atoms with E-state index in [1.165, 1.54) is 0 Å². The van der Waals surface area contributed by atoms with Gasteiger partial charge in [-0.2, -0.15) is 0 Å². The number of aromatic hydroxyl groups is 1. The molecule has 168 valence electrons. The van der Waals surface area contributed by atoms with Crippen LogP contribution in [0.2, 0.25) is 0 Å². The Morgan fingerprint density at radius 3 is 2.61 bits per heavy atom. The monoisotopic (exact) mass is 432 g/mol. The van der Waals surface area contributed by atoms with Crippen LogP contribution in [-0.4, -0.2) is 58.1 Å². The van der Waals surface area contributed by atoms with E-state index in [0.29, 0.717) is 19.4 Å². The number of phenolic OH excluding ortho intramolecular Hbond substituents is 1. The van der Waals surface area contributed by atoms with Gasteiger partial charge in [0.2, 0.25) is 11.8 Å². The van der Waals surface area contributed by atoms with Crippen LogP contribution in [0.5, 0.6) is 5.75 Å². The summed E-state index contributed by atoms with van der Waals surface area (Å²) in [6.07, 6.45) is 2.76. The molecule has 0 unspecified atom stereocenters. The highest BCUT2D eigenvalue weighted by Gasteiger charge is 2.19. The Morgan fingerprint density at radius 1 is 1.16 bits per heavy atom. The van der Waals surface area contributed by atoms with E-state index in [1.54, 1.807) is 18.2 Å². The fourth-order valence-corrected chi connectivity index (χ4v) is 3.05. The molecule has 1 aromatic heterocycles. The second kappa shape index (κ2) is 11.4. The second-order valence-corrected chi connectivity index (χ2v) is 7.05. The molecule has 0 saturated carbocycles. The molecule has 2 rings (SSSR count). The van der Waals surface area contributed by atoms with Gasteiger partial charge in [-0.15, -0.1) is 0 Å². The molecule has 0 aliphatic rings. The van der Waals surface area contributed by atoms with E-state index in [9.17, 15) is 24.6 Å². The number of aliphatic imine (C=N–C) groups is 1. The van der Waals surface area contributed by atoms with Gasteiger partial charge in [0.25, 0.3) is 0 Å². The third-order valence-corrected chi connectivity index (χ3v) is 4.63. The summed E-state index contributed by atoms with van der Waals surface area (Å²) < 4.78 is 0. The van der Waals surface area contributed by atoms with Crippen molar-refractivity contribution in [2.24, 2.45) is 16.5 Å². The van der Waals surface area contributed by atoms with Crippen molar-refractivity contribution < 1.29 is 24.6 Å². The molecule has 0 aliphatic heterocycles. The van der Waals surface area contributed by atoms with Crippen LogP contribution in [0.4, 0.5) is 0 Å². The molecule has 31 heavy (non-hydrogen) atoms. The lowest BCUT2D eigenvalue weighted by atomic mass is 10.1. The highest BCUT2D eigenvalue weighted by atomic mass is 16.4. The van der Waals surface area contributed by atoms with Crippen LogP contribution in [0.1, 0.15) is 31.2 Å². The molecule has 2 aromatic rings. The van der Waals surface area contributed by atoms with Gasteiger partial charge in [0.05, 0.1) is 0 Å². The Hall–Kier alpha value is -3.76. The number of hydrogen-bond donors (Lipinski definition) is 7. The highest BCUT2D eigenvalue weighted by Crippen LogP contribution is 2.23. The molecule has 1 atom stereocenters. The lowest BCUT2D eigenvalue weighted by molar-refractivity contribution is -0.142. The number of aromatic amines is 1. The molecular formula is C20H28N6O5. The van der Waals surface area contributed by atoms with Crippen LogP contribution in [0.3, 0.4) is 0 Å². The number of aliphatic carboxylic acids is 1. The van der Waals surface area contributed by atoms with Crippen LogP contribution in [0.25, 0.3) is 10.9 Å². The molecule has 1 heterocycles. The molecule has 9 N–H and O–H groups in total. The van der Waals surface area contributed by atoms with E-state index in [0.717, 1.165) is 16.5 Å². The van der Waals surface area contributed by atoms with Gasteiger partial charge in [0, 0.05) is 43.0 Å². The number of fused-ring (bicyclic) bond motifs is 1. The fourth-order valence-electron chi connectivity index (χ4n) is 3.05. The number of nitrogens with two attached hydrogens (primary N) is 2. The molecule has 0 spiro atoms. The molecule has 0 radical (unpaired) electrons. The Balaban J connectivity index is 1.70. The second-order valence-electron chi connectivity index (χ2n) is 7.05. The van der Waals surface area contributed by atoms with Crippen molar-refractivity contribution in [1.29, 1.82) is 0 Å². The topological polar surface area (TPSA) is 196 Å². The molecule has 0 aliphatic carbocycles. The van der Waals surface area contributed by atoms with Crippen LogP contribution >= 0.6 is 0 Å². The van der Waals surface area contributed by atoms with Gasteiger partial charge < -0.3 is 37.3 Å². The number of carbonyl (C=O) groups excluding carboxylic acids is 2. The standard InChI is InChI=1S/C20H28N6O5/c21-20(22)24-8-1-2-16(19(30)31)26-18(29)6-5-17(28)23-9-7-12-11-25-15-4-3-13(27)10-14(12)15/h3-4,10-11,16,25,27H,1-2,5-9H2,(H,23,28)(H,26,29)(H,30,31)(H4,21,22,24)/t16-/m0/s1. The Kier molecular flexibility index (Phi) is 8.67. The number of nitrogens with one attached hydrogen (secondary N) is 3. The van der Waals surface area contributed by atoms with E-state index in [2.05, 4.69) is 20.6 Å². The fraction of sp³-hybridized carbons (Fsp3) is 0.400. The summed E-state index contributed by atoms with van der Waals surface area (Å²) in [5.74, 6) is -1.90. The number of phenols is 1. The molecule has 1 aromatic carbocycles. The van der Waals surface area contributed by atoms with Crippen LogP contribution in [0.15, 0.2) is 29.4 Å². The number of carboxylic acids is 1. The van der Waals surface area contributed by atoms with E-state index in [4.69, 9.17) is 11.5 Å². The number of amides is 2. The number of aromatic nitrogens is 1.